The van der Waals surface area contributed by atoms with Crippen LogP contribution in [0.25, 0.3) is 0 Å². The highest BCUT2D eigenvalue weighted by atomic mass is 32.1. The standard InChI is InChI=1S/C16H20N2O2S/c1-10-6-11(2)8-13(7-10)18-16(20)17-9-14(19)15-12(3)4-5-21-15/h4-8,14,19H,9H2,1-3H3,(H2,17,18,20). The smallest absolute Gasteiger partial charge is 0.319 e. The van der Waals surface area contributed by atoms with Crippen LogP contribution in [0.4, 0.5) is 10.5 Å². The van der Waals surface area contributed by atoms with E-state index >= 15 is 0 Å². The van der Waals surface area contributed by atoms with Gasteiger partial charge >= 0.3 is 6.03 Å². The maximum atomic E-state index is 11.9. The first-order valence-corrected chi connectivity index (χ1v) is 7.69. The average Bonchev–Trinajstić information content (AvgIpc) is 2.81. The summed E-state index contributed by atoms with van der Waals surface area (Å²) in [5.41, 5.74) is 4.00. The van der Waals surface area contributed by atoms with Gasteiger partial charge in [-0.25, -0.2) is 4.79 Å². The zero-order chi connectivity index (χ0) is 15.4. The second-order valence-corrected chi connectivity index (χ2v) is 6.14. The molecule has 1 aromatic heterocycles. The molecular formula is C16H20N2O2S. The van der Waals surface area contributed by atoms with Crippen molar-refractivity contribution in [2.45, 2.75) is 26.9 Å². The van der Waals surface area contributed by atoms with Gasteiger partial charge < -0.3 is 15.7 Å². The second-order valence-electron chi connectivity index (χ2n) is 5.20. The van der Waals surface area contributed by atoms with E-state index in [9.17, 15) is 9.90 Å². The van der Waals surface area contributed by atoms with Crippen LogP contribution < -0.4 is 10.6 Å². The monoisotopic (exact) mass is 304 g/mol. The fourth-order valence-corrected chi connectivity index (χ4v) is 3.14. The molecule has 2 rings (SSSR count). The Morgan fingerprint density at radius 2 is 1.90 bits per heavy atom. The molecule has 0 saturated carbocycles. The molecule has 5 heteroatoms. The minimum absolute atomic E-state index is 0.192. The molecule has 0 saturated heterocycles. The fraction of sp³-hybridized carbons (Fsp3) is 0.312. The number of aryl methyl sites for hydroxylation is 3. The topological polar surface area (TPSA) is 61.4 Å². The lowest BCUT2D eigenvalue weighted by Gasteiger charge is -2.13. The van der Waals surface area contributed by atoms with Gasteiger partial charge in [0.05, 0.1) is 6.54 Å². The molecule has 0 aliphatic carbocycles. The number of nitrogens with one attached hydrogen (secondary N) is 2. The maximum Gasteiger partial charge on any atom is 0.319 e. The van der Waals surface area contributed by atoms with Crippen molar-refractivity contribution in [2.24, 2.45) is 0 Å². The van der Waals surface area contributed by atoms with Crippen molar-refractivity contribution >= 4 is 23.1 Å². The van der Waals surface area contributed by atoms with Crippen molar-refractivity contribution in [3.8, 4) is 0 Å². The Morgan fingerprint density at radius 3 is 2.48 bits per heavy atom. The van der Waals surface area contributed by atoms with Crippen molar-refractivity contribution in [3.63, 3.8) is 0 Å². The summed E-state index contributed by atoms with van der Waals surface area (Å²) in [7, 11) is 0. The predicted molar refractivity (Wildman–Crippen MR) is 87.0 cm³/mol. The molecular weight excluding hydrogens is 284 g/mol. The third kappa shape index (κ3) is 4.31. The first-order valence-electron chi connectivity index (χ1n) is 6.81. The van der Waals surface area contributed by atoms with Gasteiger partial charge in [0.1, 0.15) is 6.10 Å². The normalized spacial score (nSPS) is 12.0. The highest BCUT2D eigenvalue weighted by molar-refractivity contribution is 7.10. The number of aliphatic hydroxyl groups excluding tert-OH is 1. The van der Waals surface area contributed by atoms with Gasteiger partial charge in [0.2, 0.25) is 0 Å². The Hall–Kier alpha value is -1.85. The van der Waals surface area contributed by atoms with E-state index in [-0.39, 0.29) is 12.6 Å². The van der Waals surface area contributed by atoms with Crippen LogP contribution in [0.3, 0.4) is 0 Å². The van der Waals surface area contributed by atoms with Gasteiger partial charge in [-0.05, 0) is 61.0 Å². The summed E-state index contributed by atoms with van der Waals surface area (Å²) in [6.07, 6.45) is -0.671. The maximum absolute atomic E-state index is 11.9. The molecule has 2 aromatic rings. The van der Waals surface area contributed by atoms with Crippen LogP contribution in [0.1, 0.15) is 27.7 Å². The molecule has 4 nitrogen and oxygen atoms in total. The van der Waals surface area contributed by atoms with E-state index in [1.165, 1.54) is 11.3 Å². The third-order valence-electron chi connectivity index (χ3n) is 3.14. The summed E-state index contributed by atoms with van der Waals surface area (Å²) in [5, 5.41) is 17.5. The number of amides is 2. The number of hydrogen-bond acceptors (Lipinski definition) is 3. The third-order valence-corrected chi connectivity index (χ3v) is 4.26. The number of benzene rings is 1. The SMILES string of the molecule is Cc1cc(C)cc(NC(=O)NCC(O)c2sccc2C)c1. The van der Waals surface area contributed by atoms with Gasteiger partial charge in [-0.2, -0.15) is 0 Å². The fourth-order valence-electron chi connectivity index (χ4n) is 2.23. The number of carbonyl (C=O) groups excluding carboxylic acids is 1. The van der Waals surface area contributed by atoms with Crippen LogP contribution in [-0.4, -0.2) is 17.7 Å². The molecule has 112 valence electrons. The van der Waals surface area contributed by atoms with Gasteiger partial charge in [-0.15, -0.1) is 11.3 Å². The van der Waals surface area contributed by atoms with E-state index in [4.69, 9.17) is 0 Å². The number of anilines is 1. The van der Waals surface area contributed by atoms with Gasteiger partial charge in [0.25, 0.3) is 0 Å². The highest BCUT2D eigenvalue weighted by Gasteiger charge is 2.13. The van der Waals surface area contributed by atoms with Crippen LogP contribution >= 0.6 is 11.3 Å². The van der Waals surface area contributed by atoms with Gasteiger partial charge in [-0.1, -0.05) is 6.07 Å². The number of rotatable bonds is 4. The molecule has 3 N–H and O–H groups in total. The van der Waals surface area contributed by atoms with Crippen LogP contribution in [0.2, 0.25) is 0 Å². The number of thiophene rings is 1. The summed E-state index contributed by atoms with van der Waals surface area (Å²) in [5.74, 6) is 0. The first-order chi connectivity index (χ1) is 9.95. The highest BCUT2D eigenvalue weighted by Crippen LogP contribution is 2.23. The van der Waals surface area contributed by atoms with Crippen LogP contribution in [0.5, 0.6) is 0 Å². The number of hydrogen-bond donors (Lipinski definition) is 3. The molecule has 0 aliphatic rings. The molecule has 0 fully saturated rings. The lowest BCUT2D eigenvalue weighted by atomic mass is 10.1. The van der Waals surface area contributed by atoms with Crippen LogP contribution in [0.15, 0.2) is 29.6 Å². The Bertz CT molecular complexity index is 617. The van der Waals surface area contributed by atoms with E-state index in [2.05, 4.69) is 10.6 Å². The van der Waals surface area contributed by atoms with Crippen LogP contribution in [0, 0.1) is 20.8 Å². The minimum Gasteiger partial charge on any atom is -0.386 e. The first kappa shape index (κ1) is 15.5. The van der Waals surface area contributed by atoms with Crippen molar-refractivity contribution in [2.75, 3.05) is 11.9 Å². The van der Waals surface area contributed by atoms with E-state index in [0.717, 1.165) is 27.3 Å². The Morgan fingerprint density at radius 1 is 1.24 bits per heavy atom. The summed E-state index contributed by atoms with van der Waals surface area (Å²) < 4.78 is 0. The number of urea groups is 1. The quantitative estimate of drug-likeness (QED) is 0.809. The Balaban J connectivity index is 1.89. The van der Waals surface area contributed by atoms with E-state index in [0.29, 0.717) is 0 Å². The molecule has 0 spiro atoms. The molecule has 0 aliphatic heterocycles. The van der Waals surface area contributed by atoms with E-state index < -0.39 is 6.10 Å². The lowest BCUT2D eigenvalue weighted by molar-refractivity contribution is 0.178. The van der Waals surface area contributed by atoms with Crippen molar-refractivity contribution < 1.29 is 9.90 Å². The summed E-state index contributed by atoms with van der Waals surface area (Å²) >= 11 is 1.50. The zero-order valence-corrected chi connectivity index (χ0v) is 13.3. The van der Waals surface area contributed by atoms with Gasteiger partial charge in [0, 0.05) is 10.6 Å². The molecule has 2 amide bonds. The molecule has 0 bridgehead atoms. The Kier molecular flexibility index (Phi) is 4.98. The van der Waals surface area contributed by atoms with Crippen molar-refractivity contribution in [3.05, 3.63) is 51.2 Å². The largest absolute Gasteiger partial charge is 0.386 e. The molecule has 0 radical (unpaired) electrons. The molecule has 21 heavy (non-hydrogen) atoms. The van der Waals surface area contributed by atoms with Gasteiger partial charge in [0.15, 0.2) is 0 Å². The molecule has 1 heterocycles. The number of aliphatic hydroxyl groups is 1. The zero-order valence-electron chi connectivity index (χ0n) is 12.4. The van der Waals surface area contributed by atoms with Crippen molar-refractivity contribution in [1.82, 2.24) is 5.32 Å². The summed E-state index contributed by atoms with van der Waals surface area (Å²) in [6.45, 7) is 6.11. The lowest BCUT2D eigenvalue weighted by Crippen LogP contribution is -2.32. The van der Waals surface area contributed by atoms with Gasteiger partial charge in [-0.3, -0.25) is 0 Å². The molecule has 1 unspecified atom stereocenters. The minimum atomic E-state index is -0.671. The summed E-state index contributed by atoms with van der Waals surface area (Å²) in [6, 6.07) is 7.51. The Labute approximate surface area is 128 Å². The van der Waals surface area contributed by atoms with E-state index in [1.807, 2.05) is 50.4 Å². The van der Waals surface area contributed by atoms with E-state index in [1.54, 1.807) is 0 Å². The van der Waals surface area contributed by atoms with Crippen LogP contribution in [-0.2, 0) is 0 Å². The predicted octanol–water partition coefficient (Wildman–Crippen LogP) is 3.53. The molecule has 1 atom stereocenters. The van der Waals surface area contributed by atoms with Crippen molar-refractivity contribution in [1.29, 1.82) is 0 Å². The average molecular weight is 304 g/mol. The second kappa shape index (κ2) is 6.74. The summed E-state index contributed by atoms with van der Waals surface area (Å²) in [4.78, 5) is 12.8. The number of carbonyl (C=O) groups is 1. The molecule has 1 aromatic carbocycles.